The molecule has 26 heavy (non-hydrogen) atoms. The van der Waals surface area contributed by atoms with Crippen molar-refractivity contribution in [3.05, 3.63) is 54.7 Å². The van der Waals surface area contributed by atoms with Gasteiger partial charge in [0.05, 0.1) is 18.2 Å². The fourth-order valence-corrected chi connectivity index (χ4v) is 3.38. The van der Waals surface area contributed by atoms with Crippen LogP contribution >= 0.6 is 0 Å². The minimum Gasteiger partial charge on any atom is -0.339 e. The summed E-state index contributed by atoms with van der Waals surface area (Å²) in [5.41, 5.74) is 0.251. The van der Waals surface area contributed by atoms with Gasteiger partial charge in [0.1, 0.15) is 0 Å². The van der Waals surface area contributed by atoms with Crippen LogP contribution in [0.15, 0.2) is 49.2 Å². The Kier molecular flexibility index (Phi) is 5.16. The molecule has 0 unspecified atom stereocenters. The topological polar surface area (TPSA) is 80.1 Å². The molecular formula is C19H23N5O2. The average Bonchev–Trinajstić information content (AvgIpc) is 3.15. The molecule has 0 bridgehead atoms. The standard InChI is InChI=1S/C19H23N5O2/c1-3-17(25)23-12-10-19(11-13-23,15-8-6-5-7-9-15)18(26)21-16-14-20-24(4-2)22-16/h3,5-9,14H,1,4,10-13H2,2H3,(H,21,22,26). The molecule has 136 valence electrons. The fraction of sp³-hybridized carbons (Fsp3) is 0.368. The Morgan fingerprint density at radius 1 is 1.27 bits per heavy atom. The van der Waals surface area contributed by atoms with Gasteiger partial charge in [-0.05, 0) is 31.4 Å². The first-order valence-electron chi connectivity index (χ1n) is 8.77. The Bertz CT molecular complexity index is 791. The van der Waals surface area contributed by atoms with Crippen molar-refractivity contribution in [1.29, 1.82) is 0 Å². The predicted molar refractivity (Wildman–Crippen MR) is 98.5 cm³/mol. The lowest BCUT2D eigenvalue weighted by Crippen LogP contribution is -2.50. The van der Waals surface area contributed by atoms with Gasteiger partial charge >= 0.3 is 0 Å². The first-order chi connectivity index (χ1) is 12.6. The molecule has 1 saturated heterocycles. The van der Waals surface area contributed by atoms with E-state index >= 15 is 0 Å². The largest absolute Gasteiger partial charge is 0.339 e. The Morgan fingerprint density at radius 2 is 1.96 bits per heavy atom. The van der Waals surface area contributed by atoms with Gasteiger partial charge in [0.15, 0.2) is 5.82 Å². The maximum absolute atomic E-state index is 13.2. The first-order valence-corrected chi connectivity index (χ1v) is 8.77. The summed E-state index contributed by atoms with van der Waals surface area (Å²) in [4.78, 5) is 28.4. The molecular weight excluding hydrogens is 330 g/mol. The molecule has 1 aromatic carbocycles. The van der Waals surface area contributed by atoms with Gasteiger partial charge in [-0.2, -0.15) is 9.90 Å². The summed E-state index contributed by atoms with van der Waals surface area (Å²) in [5.74, 6) is 0.229. The van der Waals surface area contributed by atoms with E-state index in [-0.39, 0.29) is 11.8 Å². The molecule has 2 aromatic rings. The van der Waals surface area contributed by atoms with E-state index in [1.807, 2.05) is 37.3 Å². The maximum atomic E-state index is 13.2. The Balaban J connectivity index is 1.86. The van der Waals surface area contributed by atoms with Crippen LogP contribution in [0.5, 0.6) is 0 Å². The molecule has 3 rings (SSSR count). The number of benzene rings is 1. The third-order valence-corrected chi connectivity index (χ3v) is 4.93. The van der Waals surface area contributed by atoms with E-state index in [9.17, 15) is 9.59 Å². The van der Waals surface area contributed by atoms with Crippen LogP contribution < -0.4 is 5.32 Å². The molecule has 0 atom stereocenters. The number of rotatable bonds is 5. The van der Waals surface area contributed by atoms with Crippen molar-refractivity contribution in [3.8, 4) is 0 Å². The number of likely N-dealkylation sites (tertiary alicyclic amines) is 1. The average molecular weight is 353 g/mol. The monoisotopic (exact) mass is 353 g/mol. The van der Waals surface area contributed by atoms with E-state index in [1.54, 1.807) is 11.1 Å². The fourth-order valence-electron chi connectivity index (χ4n) is 3.38. The minimum absolute atomic E-state index is 0.0991. The highest BCUT2D eigenvalue weighted by molar-refractivity contribution is 5.99. The van der Waals surface area contributed by atoms with Crippen molar-refractivity contribution in [2.75, 3.05) is 18.4 Å². The Labute approximate surface area is 152 Å². The second-order valence-corrected chi connectivity index (χ2v) is 6.35. The van der Waals surface area contributed by atoms with Crippen LogP contribution in [-0.4, -0.2) is 44.8 Å². The lowest BCUT2D eigenvalue weighted by molar-refractivity contribution is -0.131. The number of hydrogen-bond acceptors (Lipinski definition) is 4. The second kappa shape index (κ2) is 7.51. The van der Waals surface area contributed by atoms with E-state index in [0.29, 0.717) is 38.3 Å². The lowest BCUT2D eigenvalue weighted by Gasteiger charge is -2.40. The van der Waals surface area contributed by atoms with E-state index in [1.165, 1.54) is 10.9 Å². The predicted octanol–water partition coefficient (Wildman–Crippen LogP) is 1.98. The third kappa shape index (κ3) is 3.37. The summed E-state index contributed by atoms with van der Waals surface area (Å²) in [6.45, 7) is 7.13. The normalized spacial score (nSPS) is 16.1. The molecule has 0 spiro atoms. The number of carbonyl (C=O) groups excluding carboxylic acids is 2. The maximum Gasteiger partial charge on any atom is 0.245 e. The van der Waals surface area contributed by atoms with Crippen molar-refractivity contribution in [2.24, 2.45) is 0 Å². The molecule has 1 aliphatic rings. The Morgan fingerprint density at radius 3 is 2.54 bits per heavy atom. The Hall–Kier alpha value is -2.96. The van der Waals surface area contributed by atoms with Crippen molar-refractivity contribution in [3.63, 3.8) is 0 Å². The summed E-state index contributed by atoms with van der Waals surface area (Å²) in [7, 11) is 0. The minimum atomic E-state index is -0.699. The summed E-state index contributed by atoms with van der Waals surface area (Å²) in [5, 5.41) is 11.2. The summed E-state index contributed by atoms with van der Waals surface area (Å²) in [6, 6.07) is 9.72. The van der Waals surface area contributed by atoms with Crippen LogP contribution in [0, 0.1) is 0 Å². The molecule has 7 nitrogen and oxygen atoms in total. The number of nitrogens with one attached hydrogen (secondary N) is 1. The van der Waals surface area contributed by atoms with Gasteiger partial charge in [-0.1, -0.05) is 36.9 Å². The zero-order valence-electron chi connectivity index (χ0n) is 14.9. The molecule has 1 fully saturated rings. The van der Waals surface area contributed by atoms with E-state index in [2.05, 4.69) is 22.1 Å². The van der Waals surface area contributed by atoms with Gasteiger partial charge in [0.2, 0.25) is 11.8 Å². The van der Waals surface area contributed by atoms with Gasteiger partial charge < -0.3 is 10.2 Å². The molecule has 1 aromatic heterocycles. The highest BCUT2D eigenvalue weighted by atomic mass is 16.2. The van der Waals surface area contributed by atoms with Crippen LogP contribution in [0.3, 0.4) is 0 Å². The zero-order chi connectivity index (χ0) is 18.6. The van der Waals surface area contributed by atoms with Gasteiger partial charge in [-0.3, -0.25) is 9.59 Å². The van der Waals surface area contributed by atoms with Crippen molar-refractivity contribution in [1.82, 2.24) is 19.9 Å². The van der Waals surface area contributed by atoms with Gasteiger partial charge in [0.25, 0.3) is 0 Å². The van der Waals surface area contributed by atoms with Crippen LogP contribution in [-0.2, 0) is 21.5 Å². The third-order valence-electron chi connectivity index (χ3n) is 4.93. The smallest absolute Gasteiger partial charge is 0.245 e. The highest BCUT2D eigenvalue weighted by Crippen LogP contribution is 2.36. The van der Waals surface area contributed by atoms with Crippen LogP contribution in [0.4, 0.5) is 5.82 Å². The van der Waals surface area contributed by atoms with Gasteiger partial charge in [0, 0.05) is 13.1 Å². The number of amides is 2. The number of aryl methyl sites for hydroxylation is 1. The number of anilines is 1. The van der Waals surface area contributed by atoms with E-state index in [4.69, 9.17) is 0 Å². The first kappa shape index (κ1) is 17.8. The van der Waals surface area contributed by atoms with Crippen molar-refractivity contribution < 1.29 is 9.59 Å². The molecule has 0 radical (unpaired) electrons. The summed E-state index contributed by atoms with van der Waals surface area (Å²) in [6.07, 6.45) is 3.96. The molecule has 2 amide bonds. The summed E-state index contributed by atoms with van der Waals surface area (Å²) < 4.78 is 0. The molecule has 7 heteroatoms. The van der Waals surface area contributed by atoms with E-state index < -0.39 is 5.41 Å². The molecule has 0 aliphatic carbocycles. The number of aromatic nitrogens is 3. The van der Waals surface area contributed by atoms with Crippen molar-refractivity contribution in [2.45, 2.75) is 31.7 Å². The summed E-state index contributed by atoms with van der Waals surface area (Å²) >= 11 is 0. The number of piperidine rings is 1. The highest BCUT2D eigenvalue weighted by Gasteiger charge is 2.43. The van der Waals surface area contributed by atoms with Crippen LogP contribution in [0.2, 0.25) is 0 Å². The zero-order valence-corrected chi connectivity index (χ0v) is 14.9. The molecule has 1 aliphatic heterocycles. The van der Waals surface area contributed by atoms with Crippen LogP contribution in [0.25, 0.3) is 0 Å². The second-order valence-electron chi connectivity index (χ2n) is 6.35. The van der Waals surface area contributed by atoms with Crippen LogP contribution in [0.1, 0.15) is 25.3 Å². The number of carbonyl (C=O) groups is 2. The number of hydrogen-bond donors (Lipinski definition) is 1. The van der Waals surface area contributed by atoms with Crippen molar-refractivity contribution >= 4 is 17.6 Å². The lowest BCUT2D eigenvalue weighted by atomic mass is 9.72. The van der Waals surface area contributed by atoms with Gasteiger partial charge in [-0.15, -0.1) is 5.10 Å². The SMILES string of the molecule is C=CC(=O)N1CCC(C(=O)Nc2cnn(CC)n2)(c2ccccc2)CC1. The molecule has 1 N–H and O–H groups in total. The molecule has 0 saturated carbocycles. The quantitative estimate of drug-likeness (QED) is 0.834. The van der Waals surface area contributed by atoms with E-state index in [0.717, 1.165) is 5.56 Å². The van der Waals surface area contributed by atoms with Gasteiger partial charge in [-0.25, -0.2) is 0 Å². The number of nitrogens with zero attached hydrogens (tertiary/aromatic N) is 4. The molecule has 2 heterocycles.